The van der Waals surface area contributed by atoms with Crippen LogP contribution >= 0.6 is 0 Å². The maximum atomic E-state index is 13.8. The van der Waals surface area contributed by atoms with Crippen LogP contribution in [0.4, 0.5) is 20.4 Å². The summed E-state index contributed by atoms with van der Waals surface area (Å²) < 4.78 is 29.2. The number of anilines is 2. The van der Waals surface area contributed by atoms with E-state index in [0.717, 1.165) is 6.20 Å². The summed E-state index contributed by atoms with van der Waals surface area (Å²) in [4.78, 5) is 16.3. The van der Waals surface area contributed by atoms with Gasteiger partial charge in [-0.2, -0.15) is 5.26 Å². The molecule has 4 rings (SSSR count). The molecule has 4 aromatic rings. The number of nitriles is 1. The quantitative estimate of drug-likeness (QED) is 0.548. The molecular formula is C19H14F2N8. The van der Waals surface area contributed by atoms with Crippen molar-refractivity contribution in [3.8, 4) is 11.8 Å². The molecule has 29 heavy (non-hydrogen) atoms. The van der Waals surface area contributed by atoms with Gasteiger partial charge in [-0.3, -0.25) is 9.55 Å². The van der Waals surface area contributed by atoms with Crippen LogP contribution in [0, 0.1) is 23.0 Å². The number of aromatic nitrogens is 5. The van der Waals surface area contributed by atoms with Gasteiger partial charge < -0.3 is 11.1 Å². The third kappa shape index (κ3) is 3.29. The van der Waals surface area contributed by atoms with Gasteiger partial charge in [-0.1, -0.05) is 0 Å². The van der Waals surface area contributed by atoms with Crippen molar-refractivity contribution in [3.63, 3.8) is 0 Å². The molecule has 0 aliphatic heterocycles. The molecule has 0 saturated carbocycles. The Morgan fingerprint density at radius 2 is 2.00 bits per heavy atom. The van der Waals surface area contributed by atoms with E-state index >= 15 is 0 Å². The summed E-state index contributed by atoms with van der Waals surface area (Å²) in [5, 5.41) is 12.4. The van der Waals surface area contributed by atoms with Crippen molar-refractivity contribution >= 4 is 22.7 Å². The number of nitrogens with zero attached hydrogens (tertiary/aromatic N) is 6. The average Bonchev–Trinajstić information content (AvgIpc) is 3.07. The van der Waals surface area contributed by atoms with E-state index in [0.29, 0.717) is 22.5 Å². The Hall–Kier alpha value is -4.13. The Kier molecular flexibility index (Phi) is 4.48. The van der Waals surface area contributed by atoms with Gasteiger partial charge in [-0.25, -0.2) is 23.7 Å². The highest BCUT2D eigenvalue weighted by molar-refractivity contribution is 5.78. The molecule has 144 valence electrons. The van der Waals surface area contributed by atoms with Crippen LogP contribution in [0.3, 0.4) is 0 Å². The van der Waals surface area contributed by atoms with Crippen molar-refractivity contribution in [2.75, 3.05) is 11.1 Å². The van der Waals surface area contributed by atoms with Crippen LogP contribution < -0.4 is 11.1 Å². The number of rotatable bonds is 4. The zero-order chi connectivity index (χ0) is 20.5. The van der Waals surface area contributed by atoms with Crippen molar-refractivity contribution in [2.45, 2.75) is 13.0 Å². The molecule has 3 aromatic heterocycles. The molecule has 0 aliphatic rings. The van der Waals surface area contributed by atoms with Crippen LogP contribution in [0.25, 0.3) is 16.7 Å². The number of imidazole rings is 1. The summed E-state index contributed by atoms with van der Waals surface area (Å²) in [7, 11) is 0. The zero-order valence-electron chi connectivity index (χ0n) is 15.1. The van der Waals surface area contributed by atoms with Gasteiger partial charge in [0, 0.05) is 12.1 Å². The minimum atomic E-state index is -0.520. The van der Waals surface area contributed by atoms with E-state index in [4.69, 9.17) is 5.73 Å². The molecule has 0 amide bonds. The molecule has 0 aliphatic carbocycles. The summed E-state index contributed by atoms with van der Waals surface area (Å²) >= 11 is 0. The standard InChI is InChI=1S/C19H14F2N8/c1-10(27-18-14(6-22)17(23)25-9-26-18)19-28-15-5-11(20)2-3-16(15)29(19)13-4-12(21)7-24-8-13/h2-5,7-10H,1H3,(H3,23,25,26,27). The van der Waals surface area contributed by atoms with E-state index in [-0.39, 0.29) is 17.2 Å². The second kappa shape index (κ2) is 7.12. The van der Waals surface area contributed by atoms with Crippen molar-refractivity contribution < 1.29 is 8.78 Å². The Morgan fingerprint density at radius 1 is 1.17 bits per heavy atom. The van der Waals surface area contributed by atoms with E-state index < -0.39 is 17.7 Å². The first-order valence-electron chi connectivity index (χ1n) is 8.54. The molecule has 3 N–H and O–H groups in total. The van der Waals surface area contributed by atoms with E-state index in [1.807, 2.05) is 6.07 Å². The van der Waals surface area contributed by atoms with Crippen molar-refractivity contribution in [3.05, 3.63) is 66.0 Å². The molecule has 3 heterocycles. The summed E-state index contributed by atoms with van der Waals surface area (Å²) in [6.45, 7) is 1.78. The lowest BCUT2D eigenvalue weighted by Crippen LogP contribution is -2.15. The molecule has 0 fully saturated rings. The lowest BCUT2D eigenvalue weighted by atomic mass is 10.2. The highest BCUT2D eigenvalue weighted by Gasteiger charge is 2.21. The van der Waals surface area contributed by atoms with Crippen molar-refractivity contribution in [2.24, 2.45) is 0 Å². The van der Waals surface area contributed by atoms with Gasteiger partial charge in [0.25, 0.3) is 0 Å². The molecule has 10 heteroatoms. The normalized spacial score (nSPS) is 11.9. The number of nitrogen functional groups attached to an aromatic ring is 1. The van der Waals surface area contributed by atoms with Gasteiger partial charge >= 0.3 is 0 Å². The SMILES string of the molecule is CC(Nc1ncnc(N)c1C#N)c1nc2cc(F)ccc2n1-c1cncc(F)c1. The van der Waals surface area contributed by atoms with Gasteiger partial charge in [0.05, 0.1) is 35.2 Å². The fourth-order valence-corrected chi connectivity index (χ4v) is 3.05. The average molecular weight is 392 g/mol. The van der Waals surface area contributed by atoms with Gasteiger partial charge in [0.1, 0.15) is 47.1 Å². The fourth-order valence-electron chi connectivity index (χ4n) is 3.05. The van der Waals surface area contributed by atoms with Crippen LogP contribution in [-0.2, 0) is 0 Å². The second-order valence-electron chi connectivity index (χ2n) is 6.26. The van der Waals surface area contributed by atoms with E-state index in [1.165, 1.54) is 30.7 Å². The molecule has 0 bridgehead atoms. The maximum Gasteiger partial charge on any atom is 0.150 e. The van der Waals surface area contributed by atoms with E-state index in [1.54, 1.807) is 17.6 Å². The topological polar surface area (TPSA) is 118 Å². The second-order valence-corrected chi connectivity index (χ2v) is 6.26. The third-order valence-corrected chi connectivity index (χ3v) is 4.32. The Bertz CT molecular complexity index is 1260. The number of hydrogen-bond donors (Lipinski definition) is 2. The highest BCUT2D eigenvalue weighted by atomic mass is 19.1. The van der Waals surface area contributed by atoms with Gasteiger partial charge in [0.2, 0.25) is 0 Å². The number of pyridine rings is 1. The Balaban J connectivity index is 1.86. The summed E-state index contributed by atoms with van der Waals surface area (Å²) in [6.07, 6.45) is 3.81. The zero-order valence-corrected chi connectivity index (χ0v) is 15.1. The molecule has 0 spiro atoms. The van der Waals surface area contributed by atoms with Crippen molar-refractivity contribution in [1.29, 1.82) is 5.26 Å². The van der Waals surface area contributed by atoms with Gasteiger partial charge in [-0.05, 0) is 19.1 Å². The fraction of sp³-hybridized carbons (Fsp3) is 0.105. The smallest absolute Gasteiger partial charge is 0.150 e. The van der Waals surface area contributed by atoms with E-state index in [9.17, 15) is 14.0 Å². The first-order chi connectivity index (χ1) is 14.0. The van der Waals surface area contributed by atoms with Crippen LogP contribution in [0.15, 0.2) is 43.0 Å². The lowest BCUT2D eigenvalue weighted by molar-refractivity contribution is 0.619. The van der Waals surface area contributed by atoms with Crippen molar-refractivity contribution in [1.82, 2.24) is 24.5 Å². The predicted molar refractivity (Wildman–Crippen MR) is 102 cm³/mol. The van der Waals surface area contributed by atoms with Gasteiger partial charge in [-0.15, -0.1) is 0 Å². The molecule has 0 radical (unpaired) electrons. The maximum absolute atomic E-state index is 13.8. The monoisotopic (exact) mass is 392 g/mol. The lowest BCUT2D eigenvalue weighted by Gasteiger charge is -2.17. The van der Waals surface area contributed by atoms with E-state index in [2.05, 4.69) is 25.3 Å². The molecule has 8 nitrogen and oxygen atoms in total. The first-order valence-corrected chi connectivity index (χ1v) is 8.54. The minimum Gasteiger partial charge on any atom is -0.382 e. The Morgan fingerprint density at radius 3 is 2.76 bits per heavy atom. The van der Waals surface area contributed by atoms with Crippen LogP contribution in [0.5, 0.6) is 0 Å². The third-order valence-electron chi connectivity index (χ3n) is 4.32. The number of hydrogen-bond acceptors (Lipinski definition) is 7. The first kappa shape index (κ1) is 18.2. The number of fused-ring (bicyclic) bond motifs is 1. The summed E-state index contributed by atoms with van der Waals surface area (Å²) in [6, 6.07) is 6.90. The minimum absolute atomic E-state index is 0.0436. The molecule has 1 unspecified atom stereocenters. The number of benzene rings is 1. The Labute approximate surface area is 163 Å². The van der Waals surface area contributed by atoms with Crippen LogP contribution in [0.1, 0.15) is 24.4 Å². The number of nitrogens with two attached hydrogens (primary N) is 1. The largest absolute Gasteiger partial charge is 0.382 e. The molecule has 1 atom stereocenters. The molecule has 0 saturated heterocycles. The summed E-state index contributed by atoms with van der Waals surface area (Å²) in [5.41, 5.74) is 7.22. The van der Waals surface area contributed by atoms with Crippen LogP contribution in [-0.4, -0.2) is 24.5 Å². The number of nitrogens with one attached hydrogen (secondary N) is 1. The van der Waals surface area contributed by atoms with Gasteiger partial charge in [0.15, 0.2) is 0 Å². The summed E-state index contributed by atoms with van der Waals surface area (Å²) in [5.74, 6) is -0.244. The highest BCUT2D eigenvalue weighted by Crippen LogP contribution is 2.28. The predicted octanol–water partition coefficient (Wildman–Crippen LogP) is 3.12. The molecule has 1 aromatic carbocycles. The van der Waals surface area contributed by atoms with Crippen LogP contribution in [0.2, 0.25) is 0 Å². The number of halogens is 2. The molecular weight excluding hydrogens is 378 g/mol.